The lowest BCUT2D eigenvalue weighted by molar-refractivity contribution is 0.0801. The van der Waals surface area contributed by atoms with Crippen molar-refractivity contribution in [2.24, 2.45) is 0 Å². The van der Waals surface area contributed by atoms with Gasteiger partial charge in [-0.3, -0.25) is 0 Å². The van der Waals surface area contributed by atoms with E-state index < -0.39 is 5.60 Å². The summed E-state index contributed by atoms with van der Waals surface area (Å²) in [6, 6.07) is 0.633. The number of hydrogen-bond acceptors (Lipinski definition) is 3. The quantitative estimate of drug-likeness (QED) is 0.781. The second-order valence-corrected chi connectivity index (χ2v) is 6.22. The van der Waals surface area contributed by atoms with Gasteiger partial charge < -0.3 is 10.4 Å². The molecular formula is C13H27NOS. The van der Waals surface area contributed by atoms with Gasteiger partial charge >= 0.3 is 0 Å². The Hall–Kier alpha value is 0.270. The lowest BCUT2D eigenvalue weighted by atomic mass is 9.96. The van der Waals surface area contributed by atoms with Crippen LogP contribution in [0.5, 0.6) is 0 Å². The molecule has 1 saturated carbocycles. The molecule has 1 fully saturated rings. The highest BCUT2D eigenvalue weighted by Gasteiger charge is 2.21. The van der Waals surface area contributed by atoms with Gasteiger partial charge in [-0.2, -0.15) is 11.8 Å². The third-order valence-electron chi connectivity index (χ3n) is 3.33. The zero-order valence-corrected chi connectivity index (χ0v) is 11.6. The third-order valence-corrected chi connectivity index (χ3v) is 4.24. The van der Waals surface area contributed by atoms with Crippen LogP contribution < -0.4 is 5.32 Å². The molecule has 1 aliphatic rings. The molecule has 0 radical (unpaired) electrons. The van der Waals surface area contributed by atoms with Gasteiger partial charge in [0.25, 0.3) is 0 Å². The number of nitrogens with one attached hydrogen (secondary N) is 1. The molecule has 0 aliphatic heterocycles. The topological polar surface area (TPSA) is 32.3 Å². The van der Waals surface area contributed by atoms with Crippen molar-refractivity contribution in [1.82, 2.24) is 5.32 Å². The smallest absolute Gasteiger partial charge is 0.0833 e. The predicted molar refractivity (Wildman–Crippen MR) is 73.1 cm³/mol. The number of hydrogen-bond donors (Lipinski definition) is 2. The minimum atomic E-state index is -0.554. The second kappa shape index (κ2) is 7.57. The van der Waals surface area contributed by atoms with Crippen molar-refractivity contribution in [3.8, 4) is 0 Å². The SMILES string of the molecule is CSCC(C)(O)CNC1CCCCCCC1. The van der Waals surface area contributed by atoms with Crippen LogP contribution in [0.3, 0.4) is 0 Å². The van der Waals surface area contributed by atoms with Gasteiger partial charge in [-0.25, -0.2) is 0 Å². The van der Waals surface area contributed by atoms with E-state index in [2.05, 4.69) is 5.32 Å². The van der Waals surface area contributed by atoms with Crippen molar-refractivity contribution in [3.05, 3.63) is 0 Å². The fourth-order valence-electron chi connectivity index (χ4n) is 2.39. The Morgan fingerprint density at radius 2 is 1.75 bits per heavy atom. The Labute approximate surface area is 105 Å². The van der Waals surface area contributed by atoms with Crippen LogP contribution in [0, 0.1) is 0 Å². The van der Waals surface area contributed by atoms with Crippen LogP contribution in [0.1, 0.15) is 51.9 Å². The van der Waals surface area contributed by atoms with Gasteiger partial charge in [-0.15, -0.1) is 0 Å². The first-order valence-corrected chi connectivity index (χ1v) is 7.98. The van der Waals surface area contributed by atoms with Crippen molar-refractivity contribution < 1.29 is 5.11 Å². The first-order valence-electron chi connectivity index (χ1n) is 6.59. The van der Waals surface area contributed by atoms with E-state index in [9.17, 15) is 5.11 Å². The molecule has 2 N–H and O–H groups in total. The summed E-state index contributed by atoms with van der Waals surface area (Å²) in [6.45, 7) is 2.66. The Morgan fingerprint density at radius 3 is 2.31 bits per heavy atom. The van der Waals surface area contributed by atoms with E-state index >= 15 is 0 Å². The molecule has 0 aromatic carbocycles. The molecule has 0 saturated heterocycles. The standard InChI is InChI=1S/C13H27NOS/c1-13(15,11-16-2)10-14-12-8-6-4-3-5-7-9-12/h12,14-15H,3-11H2,1-2H3. The number of aliphatic hydroxyl groups is 1. The van der Waals surface area contributed by atoms with Crippen molar-refractivity contribution in [2.45, 2.75) is 63.5 Å². The van der Waals surface area contributed by atoms with Gasteiger partial charge in [0.1, 0.15) is 0 Å². The maximum atomic E-state index is 10.1. The average molecular weight is 245 g/mol. The molecular weight excluding hydrogens is 218 g/mol. The molecule has 1 aliphatic carbocycles. The zero-order valence-electron chi connectivity index (χ0n) is 10.8. The molecule has 0 spiro atoms. The molecule has 16 heavy (non-hydrogen) atoms. The fraction of sp³-hybridized carbons (Fsp3) is 1.00. The van der Waals surface area contributed by atoms with Crippen LogP contribution in [0.15, 0.2) is 0 Å². The Kier molecular flexibility index (Phi) is 6.78. The van der Waals surface area contributed by atoms with Gasteiger partial charge in [0, 0.05) is 18.3 Å². The summed E-state index contributed by atoms with van der Waals surface area (Å²) in [4.78, 5) is 0. The molecule has 96 valence electrons. The minimum Gasteiger partial charge on any atom is -0.388 e. The van der Waals surface area contributed by atoms with Crippen molar-refractivity contribution >= 4 is 11.8 Å². The summed E-state index contributed by atoms with van der Waals surface area (Å²) >= 11 is 1.71. The Balaban J connectivity index is 2.23. The lowest BCUT2D eigenvalue weighted by Crippen LogP contribution is -2.44. The molecule has 3 heteroatoms. The summed E-state index contributed by atoms with van der Waals surface area (Å²) in [5, 5.41) is 13.6. The van der Waals surface area contributed by atoms with E-state index in [1.54, 1.807) is 11.8 Å². The van der Waals surface area contributed by atoms with Crippen LogP contribution in [0.2, 0.25) is 0 Å². The monoisotopic (exact) mass is 245 g/mol. The maximum Gasteiger partial charge on any atom is 0.0833 e. The second-order valence-electron chi connectivity index (χ2n) is 5.35. The Morgan fingerprint density at radius 1 is 1.19 bits per heavy atom. The molecule has 1 atom stereocenters. The number of thioether (sulfide) groups is 1. The van der Waals surface area contributed by atoms with Crippen LogP contribution in [-0.4, -0.2) is 35.3 Å². The highest BCUT2D eigenvalue weighted by Crippen LogP contribution is 2.18. The van der Waals surface area contributed by atoms with Crippen LogP contribution in [-0.2, 0) is 0 Å². The molecule has 0 amide bonds. The van der Waals surface area contributed by atoms with Crippen LogP contribution >= 0.6 is 11.8 Å². The molecule has 2 nitrogen and oxygen atoms in total. The van der Waals surface area contributed by atoms with Crippen LogP contribution in [0.25, 0.3) is 0 Å². The minimum absolute atomic E-state index is 0.554. The van der Waals surface area contributed by atoms with Crippen molar-refractivity contribution in [1.29, 1.82) is 0 Å². The zero-order chi connectivity index (χ0) is 11.9. The first-order chi connectivity index (χ1) is 7.64. The molecule has 0 aromatic rings. The fourth-order valence-corrected chi connectivity index (χ4v) is 3.11. The molecule has 0 heterocycles. The predicted octanol–water partition coefficient (Wildman–Crippen LogP) is 2.80. The third kappa shape index (κ3) is 6.12. The van der Waals surface area contributed by atoms with Gasteiger partial charge in [0.05, 0.1) is 5.60 Å². The number of rotatable bonds is 5. The van der Waals surface area contributed by atoms with E-state index in [1.807, 2.05) is 13.2 Å². The van der Waals surface area contributed by atoms with Gasteiger partial charge in [-0.05, 0) is 26.0 Å². The largest absolute Gasteiger partial charge is 0.388 e. The normalized spacial score (nSPS) is 23.4. The maximum absolute atomic E-state index is 10.1. The summed E-state index contributed by atoms with van der Waals surface area (Å²) < 4.78 is 0. The molecule has 1 unspecified atom stereocenters. The molecule has 0 aromatic heterocycles. The van der Waals surface area contributed by atoms with Gasteiger partial charge in [-0.1, -0.05) is 32.1 Å². The van der Waals surface area contributed by atoms with E-state index in [1.165, 1.54) is 44.9 Å². The van der Waals surface area contributed by atoms with Crippen molar-refractivity contribution in [3.63, 3.8) is 0 Å². The summed E-state index contributed by atoms with van der Waals surface area (Å²) in [5.74, 6) is 0.812. The Bertz CT molecular complexity index is 177. The lowest BCUT2D eigenvalue weighted by Gasteiger charge is -2.27. The van der Waals surface area contributed by atoms with E-state index in [0.29, 0.717) is 6.04 Å². The van der Waals surface area contributed by atoms with E-state index in [4.69, 9.17) is 0 Å². The van der Waals surface area contributed by atoms with Crippen molar-refractivity contribution in [2.75, 3.05) is 18.6 Å². The van der Waals surface area contributed by atoms with Crippen LogP contribution in [0.4, 0.5) is 0 Å². The van der Waals surface area contributed by atoms with Gasteiger partial charge in [0.15, 0.2) is 0 Å². The highest BCUT2D eigenvalue weighted by molar-refractivity contribution is 7.98. The summed E-state index contributed by atoms with van der Waals surface area (Å²) in [6.07, 6.45) is 11.5. The summed E-state index contributed by atoms with van der Waals surface area (Å²) in [5.41, 5.74) is -0.554. The van der Waals surface area contributed by atoms with E-state index in [-0.39, 0.29) is 0 Å². The van der Waals surface area contributed by atoms with Gasteiger partial charge in [0.2, 0.25) is 0 Å². The molecule has 0 bridgehead atoms. The van der Waals surface area contributed by atoms with E-state index in [0.717, 1.165) is 12.3 Å². The summed E-state index contributed by atoms with van der Waals surface area (Å²) in [7, 11) is 0. The highest BCUT2D eigenvalue weighted by atomic mass is 32.2. The first kappa shape index (κ1) is 14.3. The molecule has 1 rings (SSSR count). The average Bonchev–Trinajstić information content (AvgIpc) is 2.15.